The largest absolute Gasteiger partial charge is 0.493 e. The summed E-state index contributed by atoms with van der Waals surface area (Å²) in [6, 6.07) is 6.71. The summed E-state index contributed by atoms with van der Waals surface area (Å²) < 4.78 is 26.4. The van der Waals surface area contributed by atoms with Crippen molar-refractivity contribution in [1.29, 1.82) is 0 Å². The summed E-state index contributed by atoms with van der Waals surface area (Å²) >= 11 is 11.9. The van der Waals surface area contributed by atoms with E-state index in [1.807, 2.05) is 12.1 Å². The van der Waals surface area contributed by atoms with Crippen LogP contribution in [0.5, 0.6) is 11.5 Å². The number of halogens is 3. The zero-order chi connectivity index (χ0) is 23.8. The lowest BCUT2D eigenvalue weighted by Crippen LogP contribution is -2.22. The fourth-order valence-electron chi connectivity index (χ4n) is 5.31. The number of likely N-dealkylation sites (tertiary alicyclic amines) is 1. The van der Waals surface area contributed by atoms with Crippen LogP contribution in [0.2, 0.25) is 10.0 Å². The Morgan fingerprint density at radius 3 is 2.59 bits per heavy atom. The van der Waals surface area contributed by atoms with Crippen molar-refractivity contribution in [1.82, 2.24) is 14.9 Å². The minimum Gasteiger partial charge on any atom is -0.493 e. The van der Waals surface area contributed by atoms with Crippen LogP contribution >= 0.6 is 23.2 Å². The maximum absolute atomic E-state index is 14.6. The van der Waals surface area contributed by atoms with E-state index in [0.717, 1.165) is 18.4 Å². The van der Waals surface area contributed by atoms with Gasteiger partial charge in [0.05, 0.1) is 35.0 Å². The van der Waals surface area contributed by atoms with Crippen molar-refractivity contribution < 1.29 is 13.9 Å². The van der Waals surface area contributed by atoms with Gasteiger partial charge in [0.15, 0.2) is 17.3 Å². The summed E-state index contributed by atoms with van der Waals surface area (Å²) in [5.74, 6) is 3.13. The molecule has 1 saturated heterocycles. The van der Waals surface area contributed by atoms with Gasteiger partial charge in [-0.05, 0) is 55.3 Å². The number of benzene rings is 2. The molecule has 9 heteroatoms. The van der Waals surface area contributed by atoms with Crippen LogP contribution in [0.1, 0.15) is 19.8 Å². The van der Waals surface area contributed by atoms with Crippen LogP contribution in [0.4, 0.5) is 15.9 Å². The lowest BCUT2D eigenvalue weighted by molar-refractivity contribution is 0.223. The first kappa shape index (κ1) is 23.4. The normalized spacial score (nSPS) is 22.2. The summed E-state index contributed by atoms with van der Waals surface area (Å²) in [5, 5.41) is 3.67. The van der Waals surface area contributed by atoms with Crippen LogP contribution in [-0.4, -0.2) is 48.2 Å². The number of nitrogens with one attached hydrogen (secondary N) is 1. The van der Waals surface area contributed by atoms with E-state index in [1.54, 1.807) is 7.11 Å². The standard InChI is InChI=1S/C25H27Cl2FN4O2/c1-3-32-10-15-6-14(7-16(15)11-32)12-34-22-9-20-17(8-21(22)33-2)25(30-13-29-20)31-19-5-4-18(26)23(27)24(19)28/h4-5,8-9,13-16H,3,6-7,10-12H2,1-2H3,(H,29,30,31)/t14?,15-,16+. The highest BCUT2D eigenvalue weighted by Crippen LogP contribution is 2.42. The third-order valence-corrected chi connectivity index (χ3v) is 7.84. The first-order valence-corrected chi connectivity index (χ1v) is 12.3. The first-order chi connectivity index (χ1) is 16.5. The SMILES string of the molecule is CCN1C[C@H]2CC(COc3cc4ncnc(Nc5ccc(Cl)c(Cl)c5F)c4cc3OC)C[C@H]2C1. The van der Waals surface area contributed by atoms with Gasteiger partial charge in [-0.3, -0.25) is 0 Å². The van der Waals surface area contributed by atoms with Gasteiger partial charge in [-0.2, -0.15) is 0 Å². The van der Waals surface area contributed by atoms with Gasteiger partial charge in [0.2, 0.25) is 0 Å². The van der Waals surface area contributed by atoms with Crippen molar-refractivity contribution in [2.75, 3.05) is 38.7 Å². The van der Waals surface area contributed by atoms with E-state index in [9.17, 15) is 4.39 Å². The number of nitrogens with zero attached hydrogens (tertiary/aromatic N) is 3. The van der Waals surface area contributed by atoms with E-state index < -0.39 is 5.82 Å². The molecular weight excluding hydrogens is 478 g/mol. The van der Waals surface area contributed by atoms with E-state index in [4.69, 9.17) is 32.7 Å². The van der Waals surface area contributed by atoms with Gasteiger partial charge >= 0.3 is 0 Å². The molecule has 1 saturated carbocycles. The minimum absolute atomic E-state index is 0.142. The van der Waals surface area contributed by atoms with Gasteiger partial charge in [0.25, 0.3) is 0 Å². The Balaban J connectivity index is 1.34. The van der Waals surface area contributed by atoms with Gasteiger partial charge in [0, 0.05) is 24.5 Å². The molecule has 0 amide bonds. The second-order valence-electron chi connectivity index (χ2n) is 9.11. The van der Waals surface area contributed by atoms with Gasteiger partial charge in [-0.15, -0.1) is 0 Å². The zero-order valence-electron chi connectivity index (χ0n) is 19.2. The molecule has 2 aromatic carbocycles. The molecule has 1 aliphatic carbocycles. The second-order valence-corrected chi connectivity index (χ2v) is 9.90. The van der Waals surface area contributed by atoms with E-state index in [2.05, 4.69) is 27.1 Å². The summed E-state index contributed by atoms with van der Waals surface area (Å²) in [6.07, 6.45) is 3.85. The fourth-order valence-corrected chi connectivity index (χ4v) is 5.62. The average Bonchev–Trinajstić information content (AvgIpc) is 3.41. The number of hydrogen-bond acceptors (Lipinski definition) is 6. The molecule has 2 aliphatic rings. The molecule has 2 heterocycles. The number of aromatic nitrogens is 2. The topological polar surface area (TPSA) is 59.5 Å². The number of hydrogen-bond donors (Lipinski definition) is 1. The lowest BCUT2D eigenvalue weighted by Gasteiger charge is -2.18. The van der Waals surface area contributed by atoms with Crippen LogP contribution in [0.15, 0.2) is 30.6 Å². The van der Waals surface area contributed by atoms with Gasteiger partial charge in [-0.25, -0.2) is 14.4 Å². The molecule has 3 aromatic rings. The summed E-state index contributed by atoms with van der Waals surface area (Å²) in [5.41, 5.74) is 0.831. The Labute approximate surface area is 208 Å². The number of anilines is 2. The number of rotatable bonds is 7. The second kappa shape index (κ2) is 9.72. The first-order valence-electron chi connectivity index (χ1n) is 11.5. The van der Waals surface area contributed by atoms with Crippen molar-refractivity contribution in [3.63, 3.8) is 0 Å². The third-order valence-electron chi connectivity index (χ3n) is 7.05. The van der Waals surface area contributed by atoms with E-state index >= 15 is 0 Å². The quantitative estimate of drug-likeness (QED) is 0.387. The lowest BCUT2D eigenvalue weighted by atomic mass is 10.0. The molecule has 5 rings (SSSR count). The van der Waals surface area contributed by atoms with Crippen LogP contribution < -0.4 is 14.8 Å². The Bertz CT molecular complexity index is 1200. The van der Waals surface area contributed by atoms with Gasteiger partial charge in [0.1, 0.15) is 12.1 Å². The molecular formula is C25H27Cl2FN4O2. The van der Waals surface area contributed by atoms with E-state index in [0.29, 0.717) is 40.7 Å². The Morgan fingerprint density at radius 1 is 1.12 bits per heavy atom. The molecule has 2 fully saturated rings. The van der Waals surface area contributed by atoms with Gasteiger partial charge < -0.3 is 19.7 Å². The average molecular weight is 505 g/mol. The summed E-state index contributed by atoms with van der Waals surface area (Å²) in [4.78, 5) is 11.2. The Morgan fingerprint density at radius 2 is 1.88 bits per heavy atom. The van der Waals surface area contributed by atoms with Crippen molar-refractivity contribution in [3.05, 3.63) is 46.5 Å². The molecule has 0 spiro atoms. The van der Waals surface area contributed by atoms with E-state index in [1.165, 1.54) is 44.4 Å². The Hall–Kier alpha value is -2.35. The number of methoxy groups -OCH3 is 1. The summed E-state index contributed by atoms with van der Waals surface area (Å²) in [6.45, 7) is 6.45. The maximum Gasteiger partial charge on any atom is 0.166 e. The van der Waals surface area contributed by atoms with Crippen molar-refractivity contribution in [2.24, 2.45) is 17.8 Å². The maximum atomic E-state index is 14.6. The Kier molecular flexibility index (Phi) is 6.69. The fraction of sp³-hybridized carbons (Fsp3) is 0.440. The predicted octanol–water partition coefficient (Wildman–Crippen LogP) is 6.18. The van der Waals surface area contributed by atoms with Gasteiger partial charge in [-0.1, -0.05) is 30.1 Å². The summed E-state index contributed by atoms with van der Waals surface area (Å²) in [7, 11) is 1.60. The third kappa shape index (κ3) is 4.49. The molecule has 0 radical (unpaired) electrons. The molecule has 180 valence electrons. The van der Waals surface area contributed by atoms with Crippen LogP contribution in [0.3, 0.4) is 0 Å². The molecule has 1 unspecified atom stereocenters. The predicted molar refractivity (Wildman–Crippen MR) is 133 cm³/mol. The number of fused-ring (bicyclic) bond motifs is 2. The highest BCUT2D eigenvalue weighted by molar-refractivity contribution is 6.42. The highest BCUT2D eigenvalue weighted by atomic mass is 35.5. The molecule has 1 aromatic heterocycles. The number of ether oxygens (including phenoxy) is 2. The monoisotopic (exact) mass is 504 g/mol. The van der Waals surface area contributed by atoms with Crippen molar-refractivity contribution in [3.8, 4) is 11.5 Å². The van der Waals surface area contributed by atoms with Crippen molar-refractivity contribution >= 4 is 45.6 Å². The van der Waals surface area contributed by atoms with E-state index in [-0.39, 0.29) is 15.7 Å². The zero-order valence-corrected chi connectivity index (χ0v) is 20.7. The molecule has 3 atom stereocenters. The molecule has 34 heavy (non-hydrogen) atoms. The molecule has 6 nitrogen and oxygen atoms in total. The molecule has 1 aliphatic heterocycles. The molecule has 0 bridgehead atoms. The van der Waals surface area contributed by atoms with Crippen LogP contribution in [0, 0.1) is 23.6 Å². The molecule has 1 N–H and O–H groups in total. The minimum atomic E-state index is -0.642. The van der Waals surface area contributed by atoms with Crippen LogP contribution in [0.25, 0.3) is 10.9 Å². The van der Waals surface area contributed by atoms with Crippen molar-refractivity contribution in [2.45, 2.75) is 19.8 Å². The smallest absolute Gasteiger partial charge is 0.166 e. The highest BCUT2D eigenvalue weighted by Gasteiger charge is 2.40. The van der Waals surface area contributed by atoms with Crippen LogP contribution in [-0.2, 0) is 0 Å².